The van der Waals surface area contributed by atoms with Gasteiger partial charge in [-0.25, -0.2) is 4.79 Å². The molecular weight excluding hydrogens is 402 g/mol. The van der Waals surface area contributed by atoms with Gasteiger partial charge in [-0.1, -0.05) is 19.1 Å². The molecular formula is C21H31N5O5. The molecule has 1 atom stereocenters. The highest BCUT2D eigenvalue weighted by molar-refractivity contribution is 6.08. The van der Waals surface area contributed by atoms with Gasteiger partial charge in [0.25, 0.3) is 11.8 Å². The number of amides is 5. The van der Waals surface area contributed by atoms with E-state index in [1.807, 2.05) is 27.7 Å². The molecule has 1 fully saturated rings. The topological polar surface area (TPSA) is 120 Å². The molecule has 0 aliphatic carbocycles. The van der Waals surface area contributed by atoms with E-state index in [2.05, 4.69) is 16.1 Å². The van der Waals surface area contributed by atoms with Crippen molar-refractivity contribution in [2.75, 3.05) is 26.7 Å². The molecule has 0 saturated carbocycles. The molecule has 1 aliphatic rings. The average Bonchev–Trinajstić information content (AvgIpc) is 2.90. The second-order valence-electron chi connectivity index (χ2n) is 8.56. The van der Waals surface area contributed by atoms with E-state index in [-0.39, 0.29) is 24.5 Å². The lowest BCUT2D eigenvalue weighted by atomic mass is 9.92. The normalized spacial score (nSPS) is 18.7. The van der Waals surface area contributed by atoms with E-state index in [4.69, 9.17) is 4.74 Å². The summed E-state index contributed by atoms with van der Waals surface area (Å²) >= 11 is 0. The predicted molar refractivity (Wildman–Crippen MR) is 114 cm³/mol. The van der Waals surface area contributed by atoms with Gasteiger partial charge >= 0.3 is 6.03 Å². The molecule has 1 saturated heterocycles. The lowest BCUT2D eigenvalue weighted by Crippen LogP contribution is -2.52. The number of hydrazine groups is 1. The number of ether oxygens (including phenoxy) is 1. The molecule has 0 radical (unpaired) electrons. The van der Waals surface area contributed by atoms with Crippen LogP contribution >= 0.6 is 0 Å². The highest BCUT2D eigenvalue weighted by atomic mass is 16.5. The van der Waals surface area contributed by atoms with Crippen LogP contribution in [0.15, 0.2) is 24.3 Å². The largest absolute Gasteiger partial charge is 0.497 e. The molecule has 0 bridgehead atoms. The lowest BCUT2D eigenvalue weighted by molar-refractivity contribution is -0.139. The molecule has 1 heterocycles. The van der Waals surface area contributed by atoms with Gasteiger partial charge in [0, 0.05) is 5.54 Å². The Morgan fingerprint density at radius 2 is 1.84 bits per heavy atom. The van der Waals surface area contributed by atoms with Crippen molar-refractivity contribution in [2.45, 2.75) is 45.7 Å². The number of imide groups is 1. The lowest BCUT2D eigenvalue weighted by Gasteiger charge is -2.25. The van der Waals surface area contributed by atoms with Crippen LogP contribution in [0.3, 0.4) is 0 Å². The Balaban J connectivity index is 2.05. The summed E-state index contributed by atoms with van der Waals surface area (Å²) in [6.07, 6.45) is 0. The van der Waals surface area contributed by atoms with Crippen LogP contribution in [0, 0.1) is 0 Å². The van der Waals surface area contributed by atoms with Crippen LogP contribution < -0.4 is 20.8 Å². The maximum atomic E-state index is 13.0. The molecule has 1 aromatic carbocycles. The molecule has 170 valence electrons. The fourth-order valence-corrected chi connectivity index (χ4v) is 3.17. The minimum Gasteiger partial charge on any atom is -0.497 e. The van der Waals surface area contributed by atoms with Crippen molar-refractivity contribution in [1.82, 2.24) is 26.0 Å². The summed E-state index contributed by atoms with van der Waals surface area (Å²) in [5.74, 6) is -0.880. The first kappa shape index (κ1) is 24.1. The van der Waals surface area contributed by atoms with E-state index in [9.17, 15) is 19.2 Å². The van der Waals surface area contributed by atoms with E-state index in [1.54, 1.807) is 36.1 Å². The van der Waals surface area contributed by atoms with Gasteiger partial charge < -0.3 is 15.4 Å². The number of likely N-dealkylation sites (N-methyl/N-ethyl adjacent to an activating group) is 1. The number of hydrogen-bond donors (Lipinski definition) is 3. The molecule has 31 heavy (non-hydrogen) atoms. The van der Waals surface area contributed by atoms with Crippen LogP contribution in [0.1, 0.15) is 40.2 Å². The van der Waals surface area contributed by atoms with Crippen LogP contribution in [0.4, 0.5) is 4.79 Å². The molecule has 1 aliphatic heterocycles. The maximum absolute atomic E-state index is 13.0. The molecule has 1 unspecified atom stereocenters. The fourth-order valence-electron chi connectivity index (χ4n) is 3.17. The average molecular weight is 434 g/mol. The third-order valence-corrected chi connectivity index (χ3v) is 4.77. The van der Waals surface area contributed by atoms with E-state index in [1.165, 1.54) is 7.11 Å². The summed E-state index contributed by atoms with van der Waals surface area (Å²) in [5.41, 5.74) is 1.13. The SMILES string of the molecule is CCN(CC(=O)NN1C(=O)NC(C)(c2cccc(OC)c2)C1=O)CC(=O)NC(C)(C)C. The van der Waals surface area contributed by atoms with Gasteiger partial charge in [-0.2, -0.15) is 5.01 Å². The Morgan fingerprint density at radius 3 is 2.42 bits per heavy atom. The van der Waals surface area contributed by atoms with Gasteiger partial charge in [0.2, 0.25) is 5.91 Å². The van der Waals surface area contributed by atoms with Gasteiger partial charge in [0.15, 0.2) is 0 Å². The van der Waals surface area contributed by atoms with E-state index in [0.29, 0.717) is 22.9 Å². The summed E-state index contributed by atoms with van der Waals surface area (Å²) in [4.78, 5) is 51.6. The second kappa shape index (κ2) is 9.34. The van der Waals surface area contributed by atoms with Gasteiger partial charge in [0.05, 0.1) is 20.2 Å². The van der Waals surface area contributed by atoms with Crippen LogP contribution in [0.2, 0.25) is 0 Å². The number of hydrogen-bond acceptors (Lipinski definition) is 6. The van der Waals surface area contributed by atoms with Crippen LogP contribution in [0.25, 0.3) is 0 Å². The molecule has 0 spiro atoms. The number of nitrogens with one attached hydrogen (secondary N) is 3. The summed E-state index contributed by atoms with van der Waals surface area (Å²) in [6, 6.07) is 6.04. The van der Waals surface area contributed by atoms with Crippen molar-refractivity contribution in [3.8, 4) is 5.75 Å². The number of carbonyl (C=O) groups is 4. The first-order valence-corrected chi connectivity index (χ1v) is 10.0. The Kier molecular flexibility index (Phi) is 7.27. The Morgan fingerprint density at radius 1 is 1.19 bits per heavy atom. The minimum absolute atomic E-state index is 0.0167. The summed E-state index contributed by atoms with van der Waals surface area (Å²) in [5, 5.41) is 6.12. The Hall–Kier alpha value is -3.14. The number of benzene rings is 1. The summed E-state index contributed by atoms with van der Waals surface area (Å²) in [7, 11) is 1.50. The van der Waals surface area contributed by atoms with E-state index >= 15 is 0 Å². The van der Waals surface area contributed by atoms with Crippen molar-refractivity contribution in [1.29, 1.82) is 0 Å². The van der Waals surface area contributed by atoms with Crippen LogP contribution in [0.5, 0.6) is 5.75 Å². The van der Waals surface area contributed by atoms with E-state index < -0.39 is 23.4 Å². The maximum Gasteiger partial charge on any atom is 0.344 e. The molecule has 10 heteroatoms. The molecule has 10 nitrogen and oxygen atoms in total. The van der Waals surface area contributed by atoms with Gasteiger partial charge in [-0.3, -0.25) is 24.7 Å². The quantitative estimate of drug-likeness (QED) is 0.520. The predicted octanol–water partition coefficient (Wildman–Crippen LogP) is 0.730. The second-order valence-corrected chi connectivity index (χ2v) is 8.56. The van der Waals surface area contributed by atoms with Crippen LogP contribution in [-0.4, -0.2) is 65.9 Å². The van der Waals surface area contributed by atoms with Crippen molar-refractivity contribution >= 4 is 23.8 Å². The van der Waals surface area contributed by atoms with Crippen molar-refractivity contribution < 1.29 is 23.9 Å². The van der Waals surface area contributed by atoms with Gasteiger partial charge in [0.1, 0.15) is 11.3 Å². The third-order valence-electron chi connectivity index (χ3n) is 4.77. The number of carbonyl (C=O) groups excluding carboxylic acids is 4. The standard InChI is InChI=1S/C21H31N5O5/c1-7-25(12-16(27)22-20(2,3)4)13-17(28)24-26-18(29)21(5,23-19(26)30)14-9-8-10-15(11-14)31-6/h8-11H,7,12-13H2,1-6H3,(H,22,27)(H,23,30)(H,24,28). The van der Waals surface area contributed by atoms with Crippen molar-refractivity contribution in [2.24, 2.45) is 0 Å². The molecule has 3 N–H and O–H groups in total. The smallest absolute Gasteiger partial charge is 0.344 e. The molecule has 5 amide bonds. The zero-order valence-electron chi connectivity index (χ0n) is 18.9. The monoisotopic (exact) mass is 433 g/mol. The summed E-state index contributed by atoms with van der Waals surface area (Å²) < 4.78 is 5.19. The number of methoxy groups -OCH3 is 1. The fraction of sp³-hybridized carbons (Fsp3) is 0.524. The molecule has 1 aromatic rings. The highest BCUT2D eigenvalue weighted by Gasteiger charge is 2.50. The molecule has 2 rings (SSSR count). The Labute approximate surface area is 182 Å². The van der Waals surface area contributed by atoms with Gasteiger partial charge in [-0.15, -0.1) is 0 Å². The van der Waals surface area contributed by atoms with Crippen molar-refractivity contribution in [3.63, 3.8) is 0 Å². The first-order chi connectivity index (χ1) is 14.4. The highest BCUT2D eigenvalue weighted by Crippen LogP contribution is 2.30. The number of rotatable bonds is 8. The van der Waals surface area contributed by atoms with Gasteiger partial charge in [-0.05, 0) is 51.9 Å². The minimum atomic E-state index is -1.35. The number of nitrogens with zero attached hydrogens (tertiary/aromatic N) is 2. The zero-order chi connectivity index (χ0) is 23.4. The number of urea groups is 1. The third kappa shape index (κ3) is 5.94. The zero-order valence-corrected chi connectivity index (χ0v) is 18.9. The summed E-state index contributed by atoms with van der Waals surface area (Å²) in [6.45, 7) is 9.27. The van der Waals surface area contributed by atoms with Crippen molar-refractivity contribution in [3.05, 3.63) is 29.8 Å². The molecule has 0 aromatic heterocycles. The van der Waals surface area contributed by atoms with Crippen LogP contribution in [-0.2, 0) is 19.9 Å². The Bertz CT molecular complexity index is 866. The van der Waals surface area contributed by atoms with E-state index in [0.717, 1.165) is 0 Å². The first-order valence-electron chi connectivity index (χ1n) is 10.0.